The van der Waals surface area contributed by atoms with Crippen molar-refractivity contribution in [2.45, 2.75) is 18.9 Å². The van der Waals surface area contributed by atoms with Crippen molar-refractivity contribution in [3.8, 4) is 28.1 Å². The Bertz CT molecular complexity index is 1460. The molecule has 3 aromatic heterocycles. The standard InChI is InChI=1S/C25H23ClN4O4S/c1-31-18-10-21(33-14-17-4-3-9-29(17)16-7-5-15(26)6-8-16)19-12-23(34-22(19)11-18)20-13-30-24(27-20)35-25(28-30)32-2/h5-8,10-13,17H,3-4,9,14H2,1-2H3/t17-/m0/s1. The molecule has 0 aliphatic carbocycles. The lowest BCUT2D eigenvalue weighted by atomic mass is 10.2. The number of furan rings is 1. The number of halogens is 1. The molecule has 0 bridgehead atoms. The summed E-state index contributed by atoms with van der Waals surface area (Å²) in [4.78, 5) is 7.75. The second kappa shape index (κ2) is 8.98. The summed E-state index contributed by atoms with van der Waals surface area (Å²) < 4.78 is 24.9. The molecule has 2 aromatic carbocycles. The van der Waals surface area contributed by atoms with Crippen LogP contribution in [-0.4, -0.2) is 48.0 Å². The topological polar surface area (TPSA) is 74.3 Å². The van der Waals surface area contributed by atoms with Gasteiger partial charge in [0.2, 0.25) is 4.96 Å². The van der Waals surface area contributed by atoms with E-state index in [0.29, 0.717) is 34.6 Å². The zero-order valence-corrected chi connectivity index (χ0v) is 20.8. The van der Waals surface area contributed by atoms with Gasteiger partial charge in [-0.25, -0.2) is 9.50 Å². The molecule has 4 heterocycles. The molecule has 8 nitrogen and oxygen atoms in total. The van der Waals surface area contributed by atoms with E-state index in [1.165, 1.54) is 11.3 Å². The van der Waals surface area contributed by atoms with Crippen LogP contribution in [0.15, 0.2) is 53.1 Å². The molecule has 0 radical (unpaired) electrons. The molecule has 0 saturated carbocycles. The van der Waals surface area contributed by atoms with Gasteiger partial charge in [-0.15, -0.1) is 5.10 Å². The number of anilines is 1. The summed E-state index contributed by atoms with van der Waals surface area (Å²) >= 11 is 7.45. The molecule has 1 aliphatic rings. The lowest BCUT2D eigenvalue weighted by molar-refractivity contribution is 0.290. The van der Waals surface area contributed by atoms with Crippen LogP contribution in [0.5, 0.6) is 16.7 Å². The van der Waals surface area contributed by atoms with Gasteiger partial charge in [-0.3, -0.25) is 0 Å². The first-order valence-corrected chi connectivity index (χ1v) is 12.5. The molecule has 0 unspecified atom stereocenters. The lowest BCUT2D eigenvalue weighted by Crippen LogP contribution is -2.34. The van der Waals surface area contributed by atoms with E-state index in [-0.39, 0.29) is 6.04 Å². The smallest absolute Gasteiger partial charge is 0.294 e. The summed E-state index contributed by atoms with van der Waals surface area (Å²) in [6, 6.07) is 14.0. The van der Waals surface area contributed by atoms with Gasteiger partial charge in [0.05, 0.1) is 31.8 Å². The third-order valence-corrected chi connectivity index (χ3v) is 7.36. The molecule has 1 atom stereocenters. The van der Waals surface area contributed by atoms with Crippen molar-refractivity contribution in [1.29, 1.82) is 0 Å². The Morgan fingerprint density at radius 3 is 2.77 bits per heavy atom. The average molecular weight is 511 g/mol. The highest BCUT2D eigenvalue weighted by atomic mass is 35.5. The van der Waals surface area contributed by atoms with E-state index in [2.05, 4.69) is 27.1 Å². The SMILES string of the molecule is COc1cc(OC[C@@H]2CCCN2c2ccc(Cl)cc2)c2cc(-c3cn4nc(OC)sc4n3)oc2c1. The first kappa shape index (κ1) is 22.1. The van der Waals surface area contributed by atoms with Crippen LogP contribution in [0.4, 0.5) is 5.69 Å². The summed E-state index contributed by atoms with van der Waals surface area (Å²) in [5.41, 5.74) is 2.53. The van der Waals surface area contributed by atoms with Crippen LogP contribution in [0.1, 0.15) is 12.8 Å². The Labute approximate surface area is 210 Å². The van der Waals surface area contributed by atoms with Crippen LogP contribution in [-0.2, 0) is 0 Å². The van der Waals surface area contributed by atoms with Gasteiger partial charge in [0, 0.05) is 29.4 Å². The van der Waals surface area contributed by atoms with Crippen molar-refractivity contribution < 1.29 is 18.6 Å². The molecule has 5 aromatic rings. The van der Waals surface area contributed by atoms with E-state index in [4.69, 9.17) is 30.2 Å². The van der Waals surface area contributed by atoms with E-state index in [1.54, 1.807) is 18.7 Å². The van der Waals surface area contributed by atoms with Gasteiger partial charge in [0.25, 0.3) is 5.19 Å². The third-order valence-electron chi connectivity index (χ3n) is 6.23. The molecule has 180 valence electrons. The third kappa shape index (κ3) is 4.15. The maximum absolute atomic E-state index is 6.38. The molecular formula is C25H23ClN4O4S. The fraction of sp³-hybridized carbons (Fsp3) is 0.280. The number of fused-ring (bicyclic) bond motifs is 2. The monoisotopic (exact) mass is 510 g/mol. The molecule has 0 spiro atoms. The molecule has 1 saturated heterocycles. The Balaban J connectivity index is 1.28. The summed E-state index contributed by atoms with van der Waals surface area (Å²) in [6.07, 6.45) is 4.01. The van der Waals surface area contributed by atoms with E-state index >= 15 is 0 Å². The summed E-state index contributed by atoms with van der Waals surface area (Å²) in [5, 5.41) is 6.51. The summed E-state index contributed by atoms with van der Waals surface area (Å²) in [6.45, 7) is 1.55. The molecule has 6 rings (SSSR count). The molecule has 1 fully saturated rings. The Hall–Kier alpha value is -3.43. The predicted octanol–water partition coefficient (Wildman–Crippen LogP) is 5.92. The van der Waals surface area contributed by atoms with Crippen LogP contribution in [0, 0.1) is 0 Å². The van der Waals surface area contributed by atoms with Crippen LogP contribution >= 0.6 is 22.9 Å². The molecular weight excluding hydrogens is 488 g/mol. The Morgan fingerprint density at radius 2 is 2.00 bits per heavy atom. The highest BCUT2D eigenvalue weighted by Crippen LogP contribution is 2.38. The van der Waals surface area contributed by atoms with Crippen molar-refractivity contribution in [1.82, 2.24) is 14.6 Å². The van der Waals surface area contributed by atoms with Gasteiger partial charge in [-0.2, -0.15) is 0 Å². The number of rotatable bonds is 7. The zero-order chi connectivity index (χ0) is 23.9. The second-order valence-electron chi connectivity index (χ2n) is 8.35. The van der Waals surface area contributed by atoms with E-state index in [1.807, 2.05) is 36.5 Å². The lowest BCUT2D eigenvalue weighted by Gasteiger charge is -2.27. The summed E-state index contributed by atoms with van der Waals surface area (Å²) in [5.74, 6) is 2.03. The number of imidazole rings is 1. The highest BCUT2D eigenvalue weighted by Gasteiger charge is 2.26. The number of methoxy groups -OCH3 is 2. The van der Waals surface area contributed by atoms with Crippen LogP contribution < -0.4 is 19.1 Å². The minimum Gasteiger partial charge on any atom is -0.496 e. The fourth-order valence-electron chi connectivity index (χ4n) is 4.50. The minimum absolute atomic E-state index is 0.268. The van der Waals surface area contributed by atoms with E-state index in [0.717, 1.165) is 46.2 Å². The fourth-order valence-corrected chi connectivity index (χ4v) is 5.32. The summed E-state index contributed by atoms with van der Waals surface area (Å²) in [7, 11) is 3.23. The molecule has 0 N–H and O–H groups in total. The average Bonchev–Trinajstić information content (AvgIpc) is 3.64. The Morgan fingerprint density at radius 1 is 1.14 bits per heavy atom. The molecule has 10 heteroatoms. The molecule has 35 heavy (non-hydrogen) atoms. The number of hydrogen-bond donors (Lipinski definition) is 0. The number of nitrogens with zero attached hydrogens (tertiary/aromatic N) is 4. The second-order valence-corrected chi connectivity index (χ2v) is 9.71. The van der Waals surface area contributed by atoms with Crippen LogP contribution in [0.3, 0.4) is 0 Å². The van der Waals surface area contributed by atoms with Crippen molar-refractivity contribution in [3.05, 3.63) is 53.7 Å². The number of aromatic nitrogens is 3. The van der Waals surface area contributed by atoms with Crippen molar-refractivity contribution in [2.24, 2.45) is 0 Å². The van der Waals surface area contributed by atoms with Crippen molar-refractivity contribution >= 4 is 44.6 Å². The van der Waals surface area contributed by atoms with Gasteiger partial charge < -0.3 is 23.5 Å². The maximum Gasteiger partial charge on any atom is 0.294 e. The molecule has 1 aliphatic heterocycles. The molecule has 0 amide bonds. The van der Waals surface area contributed by atoms with E-state index in [9.17, 15) is 0 Å². The quantitative estimate of drug-likeness (QED) is 0.269. The number of benzene rings is 2. The zero-order valence-electron chi connectivity index (χ0n) is 19.2. The predicted molar refractivity (Wildman–Crippen MR) is 136 cm³/mol. The first-order chi connectivity index (χ1) is 17.1. The largest absolute Gasteiger partial charge is 0.496 e. The van der Waals surface area contributed by atoms with E-state index < -0.39 is 0 Å². The number of ether oxygens (including phenoxy) is 3. The van der Waals surface area contributed by atoms with Gasteiger partial charge in [0.1, 0.15) is 29.4 Å². The minimum atomic E-state index is 0.268. The van der Waals surface area contributed by atoms with Gasteiger partial charge in [-0.1, -0.05) is 11.6 Å². The maximum atomic E-state index is 6.38. The number of hydrogen-bond acceptors (Lipinski definition) is 8. The first-order valence-electron chi connectivity index (χ1n) is 11.3. The van der Waals surface area contributed by atoms with Gasteiger partial charge >= 0.3 is 0 Å². The van der Waals surface area contributed by atoms with Crippen LogP contribution in [0.25, 0.3) is 27.4 Å². The van der Waals surface area contributed by atoms with Crippen molar-refractivity contribution in [2.75, 3.05) is 32.3 Å². The van der Waals surface area contributed by atoms with Gasteiger partial charge in [-0.05, 0) is 54.5 Å². The normalized spacial score (nSPS) is 15.9. The van der Waals surface area contributed by atoms with Crippen LogP contribution in [0.2, 0.25) is 5.02 Å². The van der Waals surface area contributed by atoms with Crippen molar-refractivity contribution in [3.63, 3.8) is 0 Å². The Kier molecular flexibility index (Phi) is 5.66. The van der Waals surface area contributed by atoms with Gasteiger partial charge in [0.15, 0.2) is 5.76 Å². The highest BCUT2D eigenvalue weighted by molar-refractivity contribution is 7.18.